The Balaban J connectivity index is 2.34. The van der Waals surface area contributed by atoms with Gasteiger partial charge in [-0.15, -0.1) is 0 Å². The summed E-state index contributed by atoms with van der Waals surface area (Å²) in [5.41, 5.74) is 0.463. The van der Waals surface area contributed by atoms with Gasteiger partial charge in [0.05, 0.1) is 6.42 Å². The van der Waals surface area contributed by atoms with Crippen LogP contribution in [0.25, 0.3) is 0 Å². The summed E-state index contributed by atoms with van der Waals surface area (Å²) >= 11 is 0. The molecule has 0 aliphatic carbocycles. The summed E-state index contributed by atoms with van der Waals surface area (Å²) in [4.78, 5) is 13.3. The Morgan fingerprint density at radius 2 is 1.92 bits per heavy atom. The molecule has 12 heavy (non-hydrogen) atoms. The Labute approximate surface area is 73.3 Å². The van der Waals surface area contributed by atoms with Gasteiger partial charge in [0.15, 0.2) is 0 Å². The summed E-state index contributed by atoms with van der Waals surface area (Å²) < 4.78 is 0. The summed E-state index contributed by atoms with van der Waals surface area (Å²) in [5.74, 6) is 0.127. The molecule has 1 saturated heterocycles. The van der Waals surface area contributed by atoms with Gasteiger partial charge in [-0.3, -0.25) is 4.79 Å². The zero-order chi connectivity index (χ0) is 8.97. The van der Waals surface area contributed by atoms with Crippen LogP contribution >= 0.6 is 0 Å². The van der Waals surface area contributed by atoms with E-state index in [4.69, 9.17) is 5.41 Å². The molecule has 0 atom stereocenters. The van der Waals surface area contributed by atoms with Gasteiger partial charge >= 0.3 is 0 Å². The molecule has 0 aromatic heterocycles. The summed E-state index contributed by atoms with van der Waals surface area (Å²) in [6.45, 7) is 3.47. The first-order valence-electron chi connectivity index (χ1n) is 4.52. The van der Waals surface area contributed by atoms with E-state index in [9.17, 15) is 4.79 Å². The monoisotopic (exact) mass is 168 g/mol. The van der Waals surface area contributed by atoms with Crippen LogP contribution in [0.5, 0.6) is 0 Å². The van der Waals surface area contributed by atoms with Gasteiger partial charge in [0.2, 0.25) is 5.91 Å². The number of hydrogen-bond acceptors (Lipinski definition) is 2. The fourth-order valence-electron chi connectivity index (χ4n) is 1.48. The quantitative estimate of drug-likeness (QED) is 0.623. The van der Waals surface area contributed by atoms with Gasteiger partial charge in [-0.25, -0.2) is 0 Å². The van der Waals surface area contributed by atoms with Crippen molar-refractivity contribution in [3.8, 4) is 0 Å². The zero-order valence-electron chi connectivity index (χ0n) is 7.60. The Morgan fingerprint density at radius 3 is 2.42 bits per heavy atom. The fourth-order valence-corrected chi connectivity index (χ4v) is 1.48. The predicted molar refractivity (Wildman–Crippen MR) is 48.4 cm³/mol. The normalized spacial score (nSPS) is 17.6. The van der Waals surface area contributed by atoms with Gasteiger partial charge in [0.25, 0.3) is 0 Å². The lowest BCUT2D eigenvalue weighted by molar-refractivity contribution is -0.130. The Hall–Kier alpha value is -0.860. The number of nitrogens with zero attached hydrogens (tertiary/aromatic N) is 1. The maximum absolute atomic E-state index is 11.4. The van der Waals surface area contributed by atoms with E-state index in [0.29, 0.717) is 12.1 Å². The largest absolute Gasteiger partial charge is 0.342 e. The smallest absolute Gasteiger partial charge is 0.228 e. The second-order valence-electron chi connectivity index (χ2n) is 3.40. The van der Waals surface area contributed by atoms with Crippen LogP contribution in [-0.4, -0.2) is 29.6 Å². The number of rotatable bonds is 2. The average Bonchev–Trinajstić information content (AvgIpc) is 2.05. The van der Waals surface area contributed by atoms with Crippen molar-refractivity contribution >= 4 is 11.6 Å². The molecule has 0 aromatic rings. The molecule has 0 saturated carbocycles. The second-order valence-corrected chi connectivity index (χ2v) is 3.40. The Bertz CT molecular complexity index is 183. The fraction of sp³-hybridized carbons (Fsp3) is 0.778. The number of likely N-dealkylation sites (tertiary alicyclic amines) is 1. The van der Waals surface area contributed by atoms with E-state index in [1.54, 1.807) is 6.92 Å². The minimum Gasteiger partial charge on any atom is -0.342 e. The molecular formula is C9H16N2O. The van der Waals surface area contributed by atoms with Crippen LogP contribution < -0.4 is 0 Å². The zero-order valence-corrected chi connectivity index (χ0v) is 7.60. The van der Waals surface area contributed by atoms with Crippen molar-refractivity contribution in [1.82, 2.24) is 4.90 Å². The van der Waals surface area contributed by atoms with E-state index in [1.807, 2.05) is 4.90 Å². The number of hydrogen-bond donors (Lipinski definition) is 1. The molecule has 0 aromatic carbocycles. The first-order chi connectivity index (χ1) is 5.70. The maximum Gasteiger partial charge on any atom is 0.228 e. The van der Waals surface area contributed by atoms with E-state index in [-0.39, 0.29) is 5.91 Å². The summed E-state index contributed by atoms with van der Waals surface area (Å²) in [5, 5.41) is 7.20. The Kier molecular flexibility index (Phi) is 3.26. The molecule has 68 valence electrons. The molecule has 0 bridgehead atoms. The number of carbonyl (C=O) groups is 1. The highest BCUT2D eigenvalue weighted by Gasteiger charge is 2.15. The van der Waals surface area contributed by atoms with Crippen LogP contribution in [0.1, 0.15) is 32.6 Å². The van der Waals surface area contributed by atoms with E-state index in [2.05, 4.69) is 0 Å². The van der Waals surface area contributed by atoms with Crippen molar-refractivity contribution in [2.75, 3.05) is 13.1 Å². The van der Waals surface area contributed by atoms with Crippen LogP contribution in [0, 0.1) is 5.41 Å². The minimum absolute atomic E-state index is 0.127. The van der Waals surface area contributed by atoms with Crippen molar-refractivity contribution in [1.29, 1.82) is 5.41 Å². The SMILES string of the molecule is CC(=N)CC(=O)N1CCCCC1. The highest BCUT2D eigenvalue weighted by atomic mass is 16.2. The van der Waals surface area contributed by atoms with E-state index >= 15 is 0 Å². The molecule has 1 fully saturated rings. The molecule has 1 amide bonds. The van der Waals surface area contributed by atoms with E-state index in [1.165, 1.54) is 6.42 Å². The molecule has 1 rings (SSSR count). The maximum atomic E-state index is 11.4. The molecule has 0 unspecified atom stereocenters. The summed E-state index contributed by atoms with van der Waals surface area (Å²) in [6, 6.07) is 0. The predicted octanol–water partition coefficient (Wildman–Crippen LogP) is 1.43. The number of carbonyl (C=O) groups excluding carboxylic acids is 1. The van der Waals surface area contributed by atoms with E-state index in [0.717, 1.165) is 25.9 Å². The third-order valence-electron chi connectivity index (χ3n) is 2.13. The van der Waals surface area contributed by atoms with Crippen molar-refractivity contribution in [2.45, 2.75) is 32.6 Å². The third-order valence-corrected chi connectivity index (χ3v) is 2.13. The highest BCUT2D eigenvalue weighted by molar-refractivity contribution is 5.98. The second kappa shape index (κ2) is 4.24. The lowest BCUT2D eigenvalue weighted by atomic mass is 10.1. The third kappa shape index (κ3) is 2.64. The lowest BCUT2D eigenvalue weighted by Crippen LogP contribution is -2.36. The van der Waals surface area contributed by atoms with Crippen LogP contribution in [0.2, 0.25) is 0 Å². The number of nitrogens with one attached hydrogen (secondary N) is 1. The van der Waals surface area contributed by atoms with Crippen LogP contribution in [-0.2, 0) is 4.79 Å². The van der Waals surface area contributed by atoms with Crippen molar-refractivity contribution in [3.05, 3.63) is 0 Å². The van der Waals surface area contributed by atoms with Crippen LogP contribution in [0.4, 0.5) is 0 Å². The molecule has 0 spiro atoms. The molecular weight excluding hydrogens is 152 g/mol. The van der Waals surface area contributed by atoms with Crippen molar-refractivity contribution in [3.63, 3.8) is 0 Å². The average molecular weight is 168 g/mol. The van der Waals surface area contributed by atoms with Gasteiger partial charge in [-0.2, -0.15) is 0 Å². The van der Waals surface area contributed by atoms with Crippen molar-refractivity contribution < 1.29 is 4.79 Å². The number of amides is 1. The molecule has 1 aliphatic rings. The molecule has 3 nitrogen and oxygen atoms in total. The van der Waals surface area contributed by atoms with Gasteiger partial charge in [0, 0.05) is 18.8 Å². The Morgan fingerprint density at radius 1 is 1.33 bits per heavy atom. The first-order valence-corrected chi connectivity index (χ1v) is 4.52. The number of piperidine rings is 1. The summed E-state index contributed by atoms with van der Waals surface area (Å²) in [6.07, 6.45) is 3.80. The summed E-state index contributed by atoms with van der Waals surface area (Å²) in [7, 11) is 0. The van der Waals surface area contributed by atoms with Crippen LogP contribution in [0.15, 0.2) is 0 Å². The van der Waals surface area contributed by atoms with Gasteiger partial charge < -0.3 is 10.3 Å². The molecule has 1 aliphatic heterocycles. The van der Waals surface area contributed by atoms with E-state index < -0.39 is 0 Å². The lowest BCUT2D eigenvalue weighted by Gasteiger charge is -2.26. The standard InChI is InChI=1S/C9H16N2O/c1-8(10)7-9(12)11-5-3-2-4-6-11/h10H,2-7H2,1H3. The minimum atomic E-state index is 0.127. The molecule has 3 heteroatoms. The van der Waals surface area contributed by atoms with Gasteiger partial charge in [-0.1, -0.05) is 0 Å². The van der Waals surface area contributed by atoms with Gasteiger partial charge in [-0.05, 0) is 26.2 Å². The van der Waals surface area contributed by atoms with Crippen LogP contribution in [0.3, 0.4) is 0 Å². The molecule has 0 radical (unpaired) electrons. The van der Waals surface area contributed by atoms with Gasteiger partial charge in [0.1, 0.15) is 0 Å². The molecule has 1 N–H and O–H groups in total. The van der Waals surface area contributed by atoms with Crippen molar-refractivity contribution in [2.24, 2.45) is 0 Å². The highest BCUT2D eigenvalue weighted by Crippen LogP contribution is 2.09. The topological polar surface area (TPSA) is 44.2 Å². The first kappa shape index (κ1) is 9.23. The molecule has 1 heterocycles.